The molecule has 0 aliphatic rings. The van der Waals surface area contributed by atoms with Crippen LogP contribution in [0.2, 0.25) is 0 Å². The molecular formula is C11H20N4O2. The van der Waals surface area contributed by atoms with Gasteiger partial charge in [-0.15, -0.1) is 0 Å². The standard InChI is InChI=1S/C11H20N4O2/c1-9-8-10(16-2)15-11(14-9)13-5-3-6-17-7-4-12/h8H,3-7,12H2,1-2H3,(H,13,14,15). The summed E-state index contributed by atoms with van der Waals surface area (Å²) in [4.78, 5) is 8.43. The van der Waals surface area contributed by atoms with Crippen molar-refractivity contribution in [3.63, 3.8) is 0 Å². The molecule has 0 aromatic carbocycles. The molecule has 0 fully saturated rings. The SMILES string of the molecule is COc1cc(C)nc(NCCCOCCN)n1. The predicted octanol–water partition coefficient (Wildman–Crippen LogP) is 0.571. The number of nitrogens with zero attached hydrogens (tertiary/aromatic N) is 2. The molecule has 0 atom stereocenters. The fourth-order valence-corrected chi connectivity index (χ4v) is 1.28. The zero-order valence-electron chi connectivity index (χ0n) is 10.4. The molecule has 1 rings (SSSR count). The lowest BCUT2D eigenvalue weighted by molar-refractivity contribution is 0.141. The second kappa shape index (κ2) is 7.81. The number of aryl methyl sites for hydroxylation is 1. The van der Waals surface area contributed by atoms with Gasteiger partial charge in [-0.2, -0.15) is 4.98 Å². The van der Waals surface area contributed by atoms with Gasteiger partial charge in [-0.3, -0.25) is 0 Å². The quantitative estimate of drug-likeness (QED) is 0.646. The molecule has 6 heteroatoms. The molecule has 0 aliphatic heterocycles. The minimum atomic E-state index is 0.561. The van der Waals surface area contributed by atoms with Crippen LogP contribution in [-0.4, -0.2) is 43.4 Å². The van der Waals surface area contributed by atoms with Crippen LogP contribution < -0.4 is 15.8 Å². The predicted molar refractivity (Wildman–Crippen MR) is 66.3 cm³/mol. The fraction of sp³-hybridized carbons (Fsp3) is 0.636. The molecule has 6 nitrogen and oxygen atoms in total. The van der Waals surface area contributed by atoms with Crippen LogP contribution in [0.4, 0.5) is 5.95 Å². The molecule has 0 spiro atoms. The van der Waals surface area contributed by atoms with Crippen LogP contribution in [0.5, 0.6) is 5.88 Å². The van der Waals surface area contributed by atoms with Gasteiger partial charge in [0.25, 0.3) is 0 Å². The average Bonchev–Trinajstić information content (AvgIpc) is 2.33. The van der Waals surface area contributed by atoms with E-state index in [1.165, 1.54) is 0 Å². The number of hydrogen-bond acceptors (Lipinski definition) is 6. The summed E-state index contributed by atoms with van der Waals surface area (Å²) in [6.07, 6.45) is 0.889. The van der Waals surface area contributed by atoms with Crippen molar-refractivity contribution in [1.29, 1.82) is 0 Å². The molecule has 0 saturated carbocycles. The van der Waals surface area contributed by atoms with Crippen LogP contribution in [0.3, 0.4) is 0 Å². The Bertz CT molecular complexity index is 333. The van der Waals surface area contributed by atoms with E-state index in [4.69, 9.17) is 15.2 Å². The Morgan fingerprint density at radius 1 is 1.35 bits per heavy atom. The smallest absolute Gasteiger partial charge is 0.226 e. The van der Waals surface area contributed by atoms with Crippen molar-refractivity contribution >= 4 is 5.95 Å². The van der Waals surface area contributed by atoms with Gasteiger partial charge in [0.15, 0.2) is 0 Å². The van der Waals surface area contributed by atoms with Gasteiger partial charge in [0.2, 0.25) is 11.8 Å². The second-order valence-corrected chi connectivity index (χ2v) is 3.56. The Morgan fingerprint density at radius 2 is 2.18 bits per heavy atom. The highest BCUT2D eigenvalue weighted by Crippen LogP contribution is 2.10. The Morgan fingerprint density at radius 3 is 2.88 bits per heavy atom. The maximum absolute atomic E-state index is 5.31. The largest absolute Gasteiger partial charge is 0.481 e. The Kier molecular flexibility index (Phi) is 6.27. The summed E-state index contributed by atoms with van der Waals surface area (Å²) in [6.45, 7) is 4.52. The third-order valence-electron chi connectivity index (χ3n) is 2.05. The molecule has 0 amide bonds. The van der Waals surface area contributed by atoms with E-state index < -0.39 is 0 Å². The van der Waals surface area contributed by atoms with E-state index in [0.717, 1.165) is 18.7 Å². The molecule has 3 N–H and O–H groups in total. The normalized spacial score (nSPS) is 10.3. The van der Waals surface area contributed by atoms with Gasteiger partial charge in [0.05, 0.1) is 13.7 Å². The first-order chi connectivity index (χ1) is 8.26. The first-order valence-electron chi connectivity index (χ1n) is 5.67. The van der Waals surface area contributed by atoms with Gasteiger partial charge in [0.1, 0.15) is 0 Å². The van der Waals surface area contributed by atoms with Crippen LogP contribution in [0.25, 0.3) is 0 Å². The number of rotatable bonds is 8. The van der Waals surface area contributed by atoms with Gasteiger partial charge in [0, 0.05) is 31.5 Å². The molecule has 17 heavy (non-hydrogen) atoms. The molecule has 1 aromatic heterocycles. The summed E-state index contributed by atoms with van der Waals surface area (Å²) in [6, 6.07) is 1.79. The van der Waals surface area contributed by atoms with Crippen LogP contribution in [0.15, 0.2) is 6.07 Å². The Balaban J connectivity index is 2.28. The lowest BCUT2D eigenvalue weighted by Gasteiger charge is -2.07. The third kappa shape index (κ3) is 5.46. The van der Waals surface area contributed by atoms with Crippen LogP contribution in [0, 0.1) is 6.92 Å². The van der Waals surface area contributed by atoms with Crippen LogP contribution >= 0.6 is 0 Å². The average molecular weight is 240 g/mol. The zero-order valence-corrected chi connectivity index (χ0v) is 10.4. The van der Waals surface area contributed by atoms with E-state index in [1.807, 2.05) is 6.92 Å². The third-order valence-corrected chi connectivity index (χ3v) is 2.05. The van der Waals surface area contributed by atoms with Crippen molar-refractivity contribution in [2.45, 2.75) is 13.3 Å². The Labute approximate surface area is 102 Å². The Hall–Kier alpha value is -1.40. The molecule has 1 heterocycles. The molecule has 0 unspecified atom stereocenters. The maximum Gasteiger partial charge on any atom is 0.226 e. The van der Waals surface area contributed by atoms with Gasteiger partial charge in [-0.1, -0.05) is 0 Å². The molecule has 1 aromatic rings. The monoisotopic (exact) mass is 240 g/mol. The first-order valence-corrected chi connectivity index (χ1v) is 5.67. The van der Waals surface area contributed by atoms with E-state index in [1.54, 1.807) is 13.2 Å². The molecule has 0 saturated heterocycles. The highest BCUT2D eigenvalue weighted by atomic mass is 16.5. The molecule has 0 radical (unpaired) electrons. The zero-order chi connectivity index (χ0) is 12.5. The second-order valence-electron chi connectivity index (χ2n) is 3.56. The van der Waals surface area contributed by atoms with Crippen molar-refractivity contribution in [3.8, 4) is 5.88 Å². The van der Waals surface area contributed by atoms with E-state index >= 15 is 0 Å². The number of anilines is 1. The number of methoxy groups -OCH3 is 1. The summed E-state index contributed by atoms with van der Waals surface area (Å²) in [5.74, 6) is 1.15. The number of nitrogens with two attached hydrogens (primary N) is 1. The summed E-state index contributed by atoms with van der Waals surface area (Å²) >= 11 is 0. The summed E-state index contributed by atoms with van der Waals surface area (Å²) in [7, 11) is 1.59. The minimum Gasteiger partial charge on any atom is -0.481 e. The topological polar surface area (TPSA) is 82.3 Å². The first kappa shape index (κ1) is 13.7. The van der Waals surface area contributed by atoms with Gasteiger partial charge in [-0.25, -0.2) is 4.98 Å². The number of ether oxygens (including phenoxy) is 2. The van der Waals surface area contributed by atoms with Crippen LogP contribution in [-0.2, 0) is 4.74 Å². The molecular weight excluding hydrogens is 220 g/mol. The number of aromatic nitrogens is 2. The number of nitrogens with one attached hydrogen (secondary N) is 1. The summed E-state index contributed by atoms with van der Waals surface area (Å²) in [5, 5.41) is 3.12. The minimum absolute atomic E-state index is 0.561. The van der Waals surface area contributed by atoms with E-state index in [-0.39, 0.29) is 0 Å². The molecule has 96 valence electrons. The maximum atomic E-state index is 5.31. The van der Waals surface area contributed by atoms with Crippen molar-refractivity contribution in [2.24, 2.45) is 5.73 Å². The summed E-state index contributed by atoms with van der Waals surface area (Å²) < 4.78 is 10.3. The van der Waals surface area contributed by atoms with Crippen molar-refractivity contribution in [1.82, 2.24) is 9.97 Å². The molecule has 0 aliphatic carbocycles. The highest BCUT2D eigenvalue weighted by molar-refractivity contribution is 5.30. The van der Waals surface area contributed by atoms with E-state index in [0.29, 0.717) is 31.6 Å². The van der Waals surface area contributed by atoms with Crippen molar-refractivity contribution in [3.05, 3.63) is 11.8 Å². The van der Waals surface area contributed by atoms with Crippen molar-refractivity contribution < 1.29 is 9.47 Å². The van der Waals surface area contributed by atoms with E-state index in [9.17, 15) is 0 Å². The molecule has 0 bridgehead atoms. The highest BCUT2D eigenvalue weighted by Gasteiger charge is 2.01. The van der Waals surface area contributed by atoms with Gasteiger partial charge in [-0.05, 0) is 13.3 Å². The lowest BCUT2D eigenvalue weighted by atomic mass is 10.4. The van der Waals surface area contributed by atoms with Crippen molar-refractivity contribution in [2.75, 3.05) is 38.7 Å². The van der Waals surface area contributed by atoms with Gasteiger partial charge >= 0.3 is 0 Å². The fourth-order valence-electron chi connectivity index (χ4n) is 1.28. The number of hydrogen-bond donors (Lipinski definition) is 2. The van der Waals surface area contributed by atoms with Crippen LogP contribution in [0.1, 0.15) is 12.1 Å². The summed E-state index contributed by atoms with van der Waals surface area (Å²) in [5.41, 5.74) is 6.18. The lowest BCUT2D eigenvalue weighted by Crippen LogP contribution is -2.12. The van der Waals surface area contributed by atoms with E-state index in [2.05, 4.69) is 15.3 Å². The van der Waals surface area contributed by atoms with Gasteiger partial charge < -0.3 is 20.5 Å².